The van der Waals surface area contributed by atoms with Gasteiger partial charge in [0.2, 0.25) is 0 Å². The summed E-state index contributed by atoms with van der Waals surface area (Å²) in [5.41, 5.74) is 7.08. The van der Waals surface area contributed by atoms with E-state index >= 15 is 0 Å². The first-order chi connectivity index (χ1) is 13.0. The maximum atomic E-state index is 11.9. The number of amides is 1. The van der Waals surface area contributed by atoms with E-state index in [0.29, 0.717) is 6.54 Å². The average molecular weight is 387 g/mol. The summed E-state index contributed by atoms with van der Waals surface area (Å²) >= 11 is 0. The molecular formula is C24H38N2O2. The highest BCUT2D eigenvalue weighted by atomic mass is 16.6. The van der Waals surface area contributed by atoms with Crippen molar-refractivity contribution in [3.05, 3.63) is 52.2 Å². The number of rotatable bonds is 7. The molecule has 1 rings (SSSR count). The zero-order chi connectivity index (χ0) is 21.5. The smallest absolute Gasteiger partial charge is 0.407 e. The van der Waals surface area contributed by atoms with Gasteiger partial charge in [-0.2, -0.15) is 0 Å². The molecule has 156 valence electrons. The van der Waals surface area contributed by atoms with Gasteiger partial charge in [-0.3, -0.25) is 0 Å². The molecule has 0 aromatic heterocycles. The minimum absolute atomic E-state index is 0.202. The van der Waals surface area contributed by atoms with Crippen molar-refractivity contribution in [3.63, 3.8) is 0 Å². The van der Waals surface area contributed by atoms with E-state index in [1.54, 1.807) is 0 Å². The van der Waals surface area contributed by atoms with Crippen LogP contribution in [0, 0.1) is 0 Å². The van der Waals surface area contributed by atoms with Crippen LogP contribution in [0.3, 0.4) is 0 Å². The lowest BCUT2D eigenvalue weighted by molar-refractivity contribution is 0.0525. The maximum Gasteiger partial charge on any atom is 0.407 e. The highest BCUT2D eigenvalue weighted by Gasteiger charge is 2.17. The SMILES string of the molecule is CCC(=C(C)C)/C(=C(/C)NC)c1ccc(C(C)CNC(=O)OC(C)(C)C)cc1. The summed E-state index contributed by atoms with van der Waals surface area (Å²) in [5.74, 6) is 0.202. The maximum absolute atomic E-state index is 11.9. The quantitative estimate of drug-likeness (QED) is 0.564. The third-order valence-corrected chi connectivity index (χ3v) is 4.73. The van der Waals surface area contributed by atoms with Crippen LogP contribution in [0.1, 0.15) is 78.9 Å². The third-order valence-electron chi connectivity index (χ3n) is 4.73. The van der Waals surface area contributed by atoms with Crippen molar-refractivity contribution < 1.29 is 9.53 Å². The van der Waals surface area contributed by atoms with Crippen molar-refractivity contribution in [2.75, 3.05) is 13.6 Å². The molecule has 0 aliphatic heterocycles. The molecular weight excluding hydrogens is 348 g/mol. The highest BCUT2D eigenvalue weighted by Crippen LogP contribution is 2.31. The number of alkyl carbamates (subject to hydrolysis) is 1. The van der Waals surface area contributed by atoms with Crippen molar-refractivity contribution in [3.8, 4) is 0 Å². The third kappa shape index (κ3) is 7.06. The number of hydrogen-bond donors (Lipinski definition) is 2. The van der Waals surface area contributed by atoms with Gasteiger partial charge in [-0.25, -0.2) is 4.79 Å². The topological polar surface area (TPSA) is 50.4 Å². The van der Waals surface area contributed by atoms with Gasteiger partial charge in [0.1, 0.15) is 5.60 Å². The van der Waals surface area contributed by atoms with Crippen LogP contribution in [-0.4, -0.2) is 25.3 Å². The Labute approximate surface area is 171 Å². The molecule has 0 heterocycles. The number of hydrogen-bond acceptors (Lipinski definition) is 3. The number of carbonyl (C=O) groups is 1. The predicted molar refractivity (Wildman–Crippen MR) is 119 cm³/mol. The standard InChI is InChI=1S/C24H38N2O2/c1-10-21(16(2)3)22(18(5)25-9)20-13-11-19(12-14-20)17(4)15-26-23(27)28-24(6,7)8/h11-14,17,25H,10,15H2,1-9H3,(H,26,27)/b22-18-. The molecule has 0 aliphatic carbocycles. The molecule has 0 saturated heterocycles. The van der Waals surface area contributed by atoms with E-state index in [4.69, 9.17) is 4.74 Å². The van der Waals surface area contributed by atoms with Gasteiger partial charge in [0.15, 0.2) is 0 Å². The Hall–Kier alpha value is -2.23. The van der Waals surface area contributed by atoms with Crippen molar-refractivity contribution in [2.45, 2.75) is 73.3 Å². The van der Waals surface area contributed by atoms with E-state index in [1.165, 1.54) is 33.5 Å². The number of carbonyl (C=O) groups excluding carboxylic acids is 1. The summed E-state index contributed by atoms with van der Waals surface area (Å²) in [6.45, 7) is 16.9. The highest BCUT2D eigenvalue weighted by molar-refractivity contribution is 5.81. The molecule has 0 saturated carbocycles. The molecule has 1 aromatic rings. The van der Waals surface area contributed by atoms with Crippen molar-refractivity contribution >= 4 is 11.7 Å². The Kier molecular flexibility index (Phi) is 8.80. The van der Waals surface area contributed by atoms with Crippen molar-refractivity contribution in [1.29, 1.82) is 0 Å². The Balaban J connectivity index is 2.97. The largest absolute Gasteiger partial charge is 0.444 e. The number of nitrogens with one attached hydrogen (secondary N) is 2. The summed E-state index contributed by atoms with van der Waals surface area (Å²) < 4.78 is 5.31. The molecule has 2 N–H and O–H groups in total. The lowest BCUT2D eigenvalue weighted by Crippen LogP contribution is -2.34. The molecule has 0 fully saturated rings. The monoisotopic (exact) mass is 386 g/mol. The molecule has 0 spiro atoms. The number of ether oxygens (including phenoxy) is 1. The van der Waals surface area contributed by atoms with E-state index in [9.17, 15) is 4.79 Å². The van der Waals surface area contributed by atoms with Crippen molar-refractivity contribution in [2.24, 2.45) is 0 Å². The van der Waals surface area contributed by atoms with Gasteiger partial charge in [-0.15, -0.1) is 0 Å². The molecule has 0 bridgehead atoms. The Morgan fingerprint density at radius 2 is 1.68 bits per heavy atom. The fourth-order valence-corrected chi connectivity index (χ4v) is 3.17. The van der Waals surface area contributed by atoms with Crippen LogP contribution in [0.5, 0.6) is 0 Å². The number of allylic oxidation sites excluding steroid dienone is 4. The van der Waals surface area contributed by atoms with Crippen molar-refractivity contribution in [1.82, 2.24) is 10.6 Å². The van der Waals surface area contributed by atoms with E-state index in [1.807, 2.05) is 27.8 Å². The molecule has 1 atom stereocenters. The Bertz CT molecular complexity index is 718. The fraction of sp³-hybridized carbons (Fsp3) is 0.542. The van der Waals surface area contributed by atoms with E-state index in [-0.39, 0.29) is 12.0 Å². The number of benzene rings is 1. The molecule has 1 unspecified atom stereocenters. The second-order valence-corrected chi connectivity index (χ2v) is 8.49. The lowest BCUT2D eigenvalue weighted by Gasteiger charge is -2.21. The average Bonchev–Trinajstić information content (AvgIpc) is 2.62. The second kappa shape index (κ2) is 10.4. The van der Waals surface area contributed by atoms with Crippen LogP contribution in [0.25, 0.3) is 5.57 Å². The lowest BCUT2D eigenvalue weighted by atomic mass is 9.89. The summed E-state index contributed by atoms with van der Waals surface area (Å²) in [7, 11) is 1.96. The van der Waals surface area contributed by atoms with Gasteiger partial charge >= 0.3 is 6.09 Å². The minimum atomic E-state index is -0.481. The van der Waals surface area contributed by atoms with Crippen LogP contribution < -0.4 is 10.6 Å². The summed E-state index contributed by atoms with van der Waals surface area (Å²) in [4.78, 5) is 11.9. The van der Waals surface area contributed by atoms with Gasteiger partial charge in [0, 0.05) is 24.9 Å². The minimum Gasteiger partial charge on any atom is -0.444 e. The fourth-order valence-electron chi connectivity index (χ4n) is 3.17. The molecule has 1 amide bonds. The van der Waals surface area contributed by atoms with E-state index in [2.05, 4.69) is 69.5 Å². The molecule has 0 aliphatic rings. The summed E-state index contributed by atoms with van der Waals surface area (Å²) in [6, 6.07) is 8.65. The first-order valence-corrected chi connectivity index (χ1v) is 10.1. The van der Waals surface area contributed by atoms with Gasteiger partial charge in [0.05, 0.1) is 0 Å². The zero-order valence-corrected chi connectivity index (χ0v) is 19.1. The summed E-state index contributed by atoms with van der Waals surface area (Å²) in [6.07, 6.45) is 0.622. The molecule has 4 nitrogen and oxygen atoms in total. The summed E-state index contributed by atoms with van der Waals surface area (Å²) in [5, 5.41) is 6.16. The van der Waals surface area contributed by atoms with E-state index in [0.717, 1.165) is 6.42 Å². The van der Waals surface area contributed by atoms with Crippen LogP contribution in [0.2, 0.25) is 0 Å². The molecule has 28 heavy (non-hydrogen) atoms. The van der Waals surface area contributed by atoms with Gasteiger partial charge in [-0.05, 0) is 70.6 Å². The van der Waals surface area contributed by atoms with Crippen LogP contribution in [-0.2, 0) is 4.74 Å². The molecule has 0 radical (unpaired) electrons. The molecule has 1 aromatic carbocycles. The molecule has 4 heteroatoms. The van der Waals surface area contributed by atoms with Gasteiger partial charge < -0.3 is 15.4 Å². The van der Waals surface area contributed by atoms with E-state index < -0.39 is 5.60 Å². The Morgan fingerprint density at radius 1 is 1.11 bits per heavy atom. The Morgan fingerprint density at radius 3 is 2.11 bits per heavy atom. The normalized spacial score (nSPS) is 13.3. The predicted octanol–water partition coefficient (Wildman–Crippen LogP) is 6.01. The second-order valence-electron chi connectivity index (χ2n) is 8.49. The van der Waals surface area contributed by atoms with Crippen LogP contribution >= 0.6 is 0 Å². The first-order valence-electron chi connectivity index (χ1n) is 10.1. The van der Waals surface area contributed by atoms with Crippen LogP contribution in [0.15, 0.2) is 41.1 Å². The first kappa shape index (κ1) is 23.8. The zero-order valence-electron chi connectivity index (χ0n) is 19.1. The van der Waals surface area contributed by atoms with Gasteiger partial charge in [0.25, 0.3) is 0 Å². The van der Waals surface area contributed by atoms with Gasteiger partial charge in [-0.1, -0.05) is 43.7 Å². The van der Waals surface area contributed by atoms with Crippen LogP contribution in [0.4, 0.5) is 4.79 Å².